The molecule has 0 fully saturated rings. The van der Waals surface area contributed by atoms with Crippen molar-refractivity contribution in [3.05, 3.63) is 63.6 Å². The van der Waals surface area contributed by atoms with Gasteiger partial charge in [0.05, 0.1) is 0 Å². The standard InChI is InChI=1S/C16H15BrS/c1-2-11-3-5-12(6-4-11)16-10-13-9-14(17)7-8-15(13)18-16/h3-9,16H,2,10H2,1H3. The first kappa shape index (κ1) is 12.3. The van der Waals surface area contributed by atoms with Gasteiger partial charge >= 0.3 is 0 Å². The zero-order valence-corrected chi connectivity index (χ0v) is 12.7. The highest BCUT2D eigenvalue weighted by Crippen LogP contribution is 2.46. The summed E-state index contributed by atoms with van der Waals surface area (Å²) in [4.78, 5) is 1.43. The Hall–Kier alpha value is -0.730. The van der Waals surface area contributed by atoms with E-state index >= 15 is 0 Å². The van der Waals surface area contributed by atoms with Gasteiger partial charge in [0, 0.05) is 14.6 Å². The zero-order chi connectivity index (χ0) is 12.5. The van der Waals surface area contributed by atoms with E-state index in [9.17, 15) is 0 Å². The minimum atomic E-state index is 0.584. The first-order chi connectivity index (χ1) is 8.76. The lowest BCUT2D eigenvalue weighted by Gasteiger charge is -2.09. The number of aryl methyl sites for hydroxylation is 1. The molecule has 2 aromatic rings. The second kappa shape index (κ2) is 5.10. The van der Waals surface area contributed by atoms with Crippen LogP contribution in [0.15, 0.2) is 51.8 Å². The first-order valence-corrected chi connectivity index (χ1v) is 7.97. The normalized spacial score (nSPS) is 17.8. The molecule has 92 valence electrons. The van der Waals surface area contributed by atoms with Crippen LogP contribution in [0.3, 0.4) is 0 Å². The first-order valence-electron chi connectivity index (χ1n) is 6.30. The van der Waals surface area contributed by atoms with Crippen LogP contribution in [0.2, 0.25) is 0 Å². The molecule has 2 aromatic carbocycles. The van der Waals surface area contributed by atoms with Crippen molar-refractivity contribution in [2.24, 2.45) is 0 Å². The number of benzene rings is 2. The molecule has 3 rings (SSSR count). The lowest BCUT2D eigenvalue weighted by atomic mass is 10.0. The van der Waals surface area contributed by atoms with Crippen molar-refractivity contribution in [3.63, 3.8) is 0 Å². The Morgan fingerprint density at radius 1 is 1.17 bits per heavy atom. The highest BCUT2D eigenvalue weighted by Gasteiger charge is 2.23. The van der Waals surface area contributed by atoms with Crippen molar-refractivity contribution in [2.75, 3.05) is 0 Å². The van der Waals surface area contributed by atoms with E-state index in [4.69, 9.17) is 0 Å². The number of halogens is 1. The van der Waals surface area contributed by atoms with Gasteiger partial charge in [-0.05, 0) is 47.7 Å². The molecule has 0 saturated carbocycles. The number of thioether (sulfide) groups is 1. The summed E-state index contributed by atoms with van der Waals surface area (Å²) in [5, 5.41) is 0.584. The van der Waals surface area contributed by atoms with Gasteiger partial charge in [-0.2, -0.15) is 0 Å². The second-order valence-electron chi connectivity index (χ2n) is 4.66. The van der Waals surface area contributed by atoms with Gasteiger partial charge in [-0.1, -0.05) is 47.1 Å². The molecule has 0 N–H and O–H groups in total. The van der Waals surface area contributed by atoms with Crippen LogP contribution in [0, 0.1) is 0 Å². The van der Waals surface area contributed by atoms with Crippen LogP contribution in [0.1, 0.15) is 28.9 Å². The molecular weight excluding hydrogens is 304 g/mol. The monoisotopic (exact) mass is 318 g/mol. The zero-order valence-electron chi connectivity index (χ0n) is 10.3. The van der Waals surface area contributed by atoms with Crippen LogP contribution in [-0.4, -0.2) is 0 Å². The van der Waals surface area contributed by atoms with Crippen molar-refractivity contribution in [3.8, 4) is 0 Å². The highest BCUT2D eigenvalue weighted by atomic mass is 79.9. The maximum Gasteiger partial charge on any atom is 0.0385 e. The third-order valence-corrected chi connectivity index (χ3v) is 5.33. The van der Waals surface area contributed by atoms with Crippen molar-refractivity contribution in [1.29, 1.82) is 0 Å². The van der Waals surface area contributed by atoms with Gasteiger partial charge in [0.25, 0.3) is 0 Å². The number of hydrogen-bond acceptors (Lipinski definition) is 1. The predicted molar refractivity (Wildman–Crippen MR) is 82.3 cm³/mol. The molecule has 0 aliphatic carbocycles. The molecule has 1 unspecified atom stereocenters. The second-order valence-corrected chi connectivity index (χ2v) is 6.82. The molecule has 0 saturated heterocycles. The summed E-state index contributed by atoms with van der Waals surface area (Å²) in [5.41, 5.74) is 4.34. The fraction of sp³-hybridized carbons (Fsp3) is 0.250. The van der Waals surface area contributed by atoms with Crippen molar-refractivity contribution in [2.45, 2.75) is 29.9 Å². The van der Waals surface area contributed by atoms with E-state index in [-0.39, 0.29) is 0 Å². The fourth-order valence-electron chi connectivity index (χ4n) is 2.37. The maximum absolute atomic E-state index is 3.55. The summed E-state index contributed by atoms with van der Waals surface area (Å²) in [6.45, 7) is 2.20. The molecule has 0 bridgehead atoms. The molecule has 1 heterocycles. The summed E-state index contributed by atoms with van der Waals surface area (Å²) in [5.74, 6) is 0. The summed E-state index contributed by atoms with van der Waals surface area (Å²) in [6.07, 6.45) is 2.26. The third kappa shape index (κ3) is 2.36. The smallest absolute Gasteiger partial charge is 0.0385 e. The minimum Gasteiger partial charge on any atom is -0.117 e. The highest BCUT2D eigenvalue weighted by molar-refractivity contribution is 9.10. The summed E-state index contributed by atoms with van der Waals surface area (Å²) in [7, 11) is 0. The van der Waals surface area contributed by atoms with Crippen LogP contribution in [0.4, 0.5) is 0 Å². The molecule has 1 atom stereocenters. The molecule has 0 spiro atoms. The lowest BCUT2D eigenvalue weighted by molar-refractivity contribution is 0.945. The molecule has 0 radical (unpaired) electrons. The van der Waals surface area contributed by atoms with Crippen LogP contribution >= 0.6 is 27.7 Å². The molecule has 18 heavy (non-hydrogen) atoms. The number of hydrogen-bond donors (Lipinski definition) is 0. The summed E-state index contributed by atoms with van der Waals surface area (Å²) < 4.78 is 1.18. The Kier molecular flexibility index (Phi) is 3.49. The van der Waals surface area contributed by atoms with Gasteiger partial charge in [-0.15, -0.1) is 11.8 Å². The van der Waals surface area contributed by atoms with Crippen molar-refractivity contribution < 1.29 is 0 Å². The van der Waals surface area contributed by atoms with Gasteiger partial charge in [-0.25, -0.2) is 0 Å². The van der Waals surface area contributed by atoms with Gasteiger partial charge in [0.2, 0.25) is 0 Å². The molecule has 0 amide bonds. The third-order valence-electron chi connectivity index (χ3n) is 3.46. The van der Waals surface area contributed by atoms with Gasteiger partial charge in [-0.3, -0.25) is 0 Å². The molecular formula is C16H15BrS. The SMILES string of the molecule is CCc1ccc(C2Cc3cc(Br)ccc3S2)cc1. The Bertz CT molecular complexity index is 560. The quantitative estimate of drug-likeness (QED) is 0.714. The van der Waals surface area contributed by atoms with E-state index < -0.39 is 0 Å². The van der Waals surface area contributed by atoms with Gasteiger partial charge in [0.1, 0.15) is 0 Å². The van der Waals surface area contributed by atoms with Crippen LogP contribution < -0.4 is 0 Å². The van der Waals surface area contributed by atoms with E-state index in [1.54, 1.807) is 0 Å². The van der Waals surface area contributed by atoms with Crippen LogP contribution in [-0.2, 0) is 12.8 Å². The molecule has 1 aliphatic rings. The molecule has 0 aromatic heterocycles. The van der Waals surface area contributed by atoms with Gasteiger partial charge in [0.15, 0.2) is 0 Å². The van der Waals surface area contributed by atoms with Crippen molar-refractivity contribution >= 4 is 27.7 Å². The Labute approximate surface area is 121 Å². The van der Waals surface area contributed by atoms with E-state index in [0.29, 0.717) is 5.25 Å². The summed E-state index contributed by atoms with van der Waals surface area (Å²) in [6, 6.07) is 15.7. The fourth-order valence-corrected chi connectivity index (χ4v) is 4.08. The predicted octanol–water partition coefficient (Wildman–Crippen LogP) is 5.40. The Balaban J connectivity index is 1.84. The Morgan fingerprint density at radius 3 is 2.67 bits per heavy atom. The number of fused-ring (bicyclic) bond motifs is 1. The van der Waals surface area contributed by atoms with Crippen LogP contribution in [0.5, 0.6) is 0 Å². The molecule has 0 nitrogen and oxygen atoms in total. The summed E-state index contributed by atoms with van der Waals surface area (Å²) >= 11 is 5.54. The number of rotatable bonds is 2. The molecule has 2 heteroatoms. The average Bonchev–Trinajstić information content (AvgIpc) is 2.81. The maximum atomic E-state index is 3.55. The molecule has 1 aliphatic heterocycles. The Morgan fingerprint density at radius 2 is 1.94 bits per heavy atom. The van der Waals surface area contributed by atoms with Crippen molar-refractivity contribution in [1.82, 2.24) is 0 Å². The van der Waals surface area contributed by atoms with E-state index in [1.165, 1.54) is 26.1 Å². The topological polar surface area (TPSA) is 0 Å². The van der Waals surface area contributed by atoms with E-state index in [1.807, 2.05) is 11.8 Å². The van der Waals surface area contributed by atoms with E-state index in [0.717, 1.165) is 12.8 Å². The van der Waals surface area contributed by atoms with E-state index in [2.05, 4.69) is 65.3 Å². The lowest BCUT2D eigenvalue weighted by Crippen LogP contribution is -1.92. The largest absolute Gasteiger partial charge is 0.117 e. The minimum absolute atomic E-state index is 0.584. The van der Waals surface area contributed by atoms with Crippen LogP contribution in [0.25, 0.3) is 0 Å². The van der Waals surface area contributed by atoms with Gasteiger partial charge < -0.3 is 0 Å². The average molecular weight is 319 g/mol.